The van der Waals surface area contributed by atoms with Crippen molar-refractivity contribution in [3.8, 4) is 0 Å². The molecule has 0 aliphatic rings. The maximum absolute atomic E-state index is 6.40. The zero-order valence-electron chi connectivity index (χ0n) is 12.8. The molecule has 0 aliphatic heterocycles. The summed E-state index contributed by atoms with van der Waals surface area (Å²) in [5, 5.41) is 2.93. The van der Waals surface area contributed by atoms with Crippen LogP contribution in [0.3, 0.4) is 0 Å². The van der Waals surface area contributed by atoms with Gasteiger partial charge < -0.3 is 5.73 Å². The van der Waals surface area contributed by atoms with Crippen LogP contribution in [-0.4, -0.2) is 18.0 Å². The van der Waals surface area contributed by atoms with Crippen LogP contribution in [0.5, 0.6) is 0 Å². The Balaban J connectivity index is 2.23. The van der Waals surface area contributed by atoms with Gasteiger partial charge in [-0.15, -0.1) is 11.3 Å². The van der Waals surface area contributed by atoms with E-state index in [1.54, 1.807) is 11.3 Å². The van der Waals surface area contributed by atoms with E-state index in [4.69, 9.17) is 17.3 Å². The number of nitrogens with zero attached hydrogens (tertiary/aromatic N) is 1. The number of benzene rings is 1. The van der Waals surface area contributed by atoms with Crippen LogP contribution in [0.2, 0.25) is 5.02 Å². The Kier molecular flexibility index (Phi) is 5.82. The van der Waals surface area contributed by atoms with Gasteiger partial charge >= 0.3 is 0 Å². The molecule has 21 heavy (non-hydrogen) atoms. The van der Waals surface area contributed by atoms with Crippen molar-refractivity contribution < 1.29 is 0 Å². The van der Waals surface area contributed by atoms with Gasteiger partial charge in [-0.25, -0.2) is 0 Å². The highest BCUT2D eigenvalue weighted by molar-refractivity contribution is 7.10. The lowest BCUT2D eigenvalue weighted by molar-refractivity contribution is 0.204. The van der Waals surface area contributed by atoms with Crippen LogP contribution < -0.4 is 5.73 Å². The smallest absolute Gasteiger partial charge is 0.0596 e. The number of hydrogen-bond acceptors (Lipinski definition) is 3. The highest BCUT2D eigenvalue weighted by Gasteiger charge is 2.25. The summed E-state index contributed by atoms with van der Waals surface area (Å²) in [4.78, 5) is 3.70. The van der Waals surface area contributed by atoms with Crippen molar-refractivity contribution in [3.63, 3.8) is 0 Å². The van der Waals surface area contributed by atoms with Crippen molar-refractivity contribution in [2.75, 3.05) is 7.05 Å². The van der Waals surface area contributed by atoms with Crippen molar-refractivity contribution in [3.05, 3.63) is 56.7 Å². The minimum Gasteiger partial charge on any atom is -0.326 e. The van der Waals surface area contributed by atoms with E-state index in [-0.39, 0.29) is 12.1 Å². The van der Waals surface area contributed by atoms with E-state index in [0.29, 0.717) is 0 Å². The highest BCUT2D eigenvalue weighted by atomic mass is 35.5. The molecule has 2 unspecified atom stereocenters. The number of aryl methyl sites for hydroxylation is 1. The Bertz CT molecular complexity index is 582. The van der Waals surface area contributed by atoms with Crippen molar-refractivity contribution in [1.29, 1.82) is 0 Å². The van der Waals surface area contributed by atoms with Crippen LogP contribution >= 0.6 is 22.9 Å². The molecule has 0 fully saturated rings. The minimum atomic E-state index is 0.131. The molecule has 0 saturated carbocycles. The van der Waals surface area contributed by atoms with Crippen molar-refractivity contribution >= 4 is 22.9 Å². The van der Waals surface area contributed by atoms with Gasteiger partial charge in [-0.1, -0.05) is 30.7 Å². The largest absolute Gasteiger partial charge is 0.326 e. The zero-order chi connectivity index (χ0) is 15.4. The summed E-state index contributed by atoms with van der Waals surface area (Å²) in [7, 11) is 2.14. The molecule has 1 aromatic carbocycles. The average molecular weight is 323 g/mol. The maximum atomic E-state index is 6.40. The van der Waals surface area contributed by atoms with E-state index in [2.05, 4.69) is 43.3 Å². The Morgan fingerprint density at radius 2 is 2.10 bits per heavy atom. The molecule has 1 aromatic heterocycles. The van der Waals surface area contributed by atoms with Gasteiger partial charge in [0.1, 0.15) is 0 Å². The molecular formula is C17H23ClN2S. The normalized spacial score (nSPS) is 14.4. The average Bonchev–Trinajstić information content (AvgIpc) is 2.85. The molecule has 2 nitrogen and oxygen atoms in total. The summed E-state index contributed by atoms with van der Waals surface area (Å²) in [5.41, 5.74) is 8.94. The molecule has 1 heterocycles. The molecule has 0 bridgehead atoms. The van der Waals surface area contributed by atoms with Crippen LogP contribution in [0.15, 0.2) is 35.7 Å². The topological polar surface area (TPSA) is 29.3 Å². The first-order valence-corrected chi connectivity index (χ1v) is 8.53. The lowest BCUT2D eigenvalue weighted by Gasteiger charge is -2.32. The number of nitrogens with two attached hydrogens (primary N) is 1. The molecular weight excluding hydrogens is 300 g/mol. The van der Waals surface area contributed by atoms with Crippen LogP contribution in [-0.2, 0) is 6.54 Å². The third-order valence-corrected chi connectivity index (χ3v) is 5.17. The summed E-state index contributed by atoms with van der Waals surface area (Å²) in [6.45, 7) is 5.15. The zero-order valence-corrected chi connectivity index (χ0v) is 14.4. The number of hydrogen-bond donors (Lipinski definition) is 1. The predicted octanol–water partition coefficient (Wildman–Crippen LogP) is 4.62. The number of halogens is 1. The quantitative estimate of drug-likeness (QED) is 0.840. The van der Waals surface area contributed by atoms with E-state index in [1.807, 2.05) is 18.2 Å². The van der Waals surface area contributed by atoms with Gasteiger partial charge in [0.15, 0.2) is 0 Å². The summed E-state index contributed by atoms with van der Waals surface area (Å²) >= 11 is 7.88. The Hall–Kier alpha value is -0.870. The second-order valence-corrected chi connectivity index (χ2v) is 6.91. The summed E-state index contributed by atoms with van der Waals surface area (Å²) in [6.07, 6.45) is 0.960. The van der Waals surface area contributed by atoms with Crippen molar-refractivity contribution in [2.24, 2.45) is 5.73 Å². The third-order valence-electron chi connectivity index (χ3n) is 3.84. The van der Waals surface area contributed by atoms with E-state index >= 15 is 0 Å². The summed E-state index contributed by atoms with van der Waals surface area (Å²) in [6, 6.07) is 10.6. The van der Waals surface area contributed by atoms with Crippen molar-refractivity contribution in [1.82, 2.24) is 4.90 Å². The van der Waals surface area contributed by atoms with Gasteiger partial charge in [0.05, 0.1) is 6.04 Å². The first-order chi connectivity index (χ1) is 10.0. The van der Waals surface area contributed by atoms with Gasteiger partial charge in [-0.2, -0.15) is 0 Å². The second-order valence-electron chi connectivity index (χ2n) is 5.53. The Morgan fingerprint density at radius 1 is 1.33 bits per heavy atom. The molecule has 2 aromatic rings. The van der Waals surface area contributed by atoms with Gasteiger partial charge in [-0.05, 0) is 55.1 Å². The number of likely N-dealkylation sites (N-methyl/N-ethyl adjacent to an activating group) is 1. The number of thiophene rings is 1. The first-order valence-electron chi connectivity index (χ1n) is 7.27. The predicted molar refractivity (Wildman–Crippen MR) is 93.0 cm³/mol. The van der Waals surface area contributed by atoms with Crippen LogP contribution in [0, 0.1) is 6.92 Å². The third kappa shape index (κ3) is 4.07. The lowest BCUT2D eigenvalue weighted by atomic mass is 10.0. The minimum absolute atomic E-state index is 0.131. The van der Waals surface area contributed by atoms with E-state index in [1.165, 1.54) is 16.0 Å². The molecule has 2 rings (SSSR count). The molecule has 0 radical (unpaired) electrons. The molecule has 2 atom stereocenters. The van der Waals surface area contributed by atoms with Crippen LogP contribution in [0.1, 0.15) is 35.4 Å². The monoisotopic (exact) mass is 322 g/mol. The standard InChI is InChI=1S/C17H23ClN2S/c1-4-15(19)16(17-12(2)8-9-21-17)20(3)11-13-6-5-7-14(18)10-13/h5-10,15-16H,4,11,19H2,1-3H3. The highest BCUT2D eigenvalue weighted by Crippen LogP contribution is 2.32. The number of rotatable bonds is 6. The fourth-order valence-corrected chi connectivity index (χ4v) is 4.03. The SMILES string of the molecule is CCC(N)C(c1sccc1C)N(C)Cc1cccc(Cl)c1. The van der Waals surface area contributed by atoms with E-state index < -0.39 is 0 Å². The fraction of sp³-hybridized carbons (Fsp3) is 0.412. The molecule has 0 amide bonds. The van der Waals surface area contributed by atoms with E-state index in [0.717, 1.165) is 18.0 Å². The molecule has 2 N–H and O–H groups in total. The van der Waals surface area contributed by atoms with Gasteiger partial charge in [-0.3, -0.25) is 4.90 Å². The molecule has 0 aliphatic carbocycles. The van der Waals surface area contributed by atoms with Gasteiger partial charge in [0, 0.05) is 22.5 Å². The van der Waals surface area contributed by atoms with Crippen molar-refractivity contribution in [2.45, 2.75) is 38.9 Å². The van der Waals surface area contributed by atoms with E-state index in [9.17, 15) is 0 Å². The van der Waals surface area contributed by atoms with Crippen LogP contribution in [0.25, 0.3) is 0 Å². The Labute approximate surface area is 136 Å². The molecule has 0 spiro atoms. The first kappa shape index (κ1) is 16.5. The van der Waals surface area contributed by atoms with Gasteiger partial charge in [0.25, 0.3) is 0 Å². The lowest BCUT2D eigenvalue weighted by Crippen LogP contribution is -2.38. The molecule has 0 saturated heterocycles. The molecule has 4 heteroatoms. The maximum Gasteiger partial charge on any atom is 0.0596 e. The summed E-state index contributed by atoms with van der Waals surface area (Å²) < 4.78 is 0. The Morgan fingerprint density at radius 3 is 2.67 bits per heavy atom. The molecule has 114 valence electrons. The van der Waals surface area contributed by atoms with Crippen LogP contribution in [0.4, 0.5) is 0 Å². The van der Waals surface area contributed by atoms with Gasteiger partial charge in [0.2, 0.25) is 0 Å². The summed E-state index contributed by atoms with van der Waals surface area (Å²) in [5.74, 6) is 0. The second kappa shape index (κ2) is 7.41. The fourth-order valence-electron chi connectivity index (χ4n) is 2.65.